The summed E-state index contributed by atoms with van der Waals surface area (Å²) in [4.78, 5) is 23.6. The molecule has 0 aromatic heterocycles. The van der Waals surface area contributed by atoms with Crippen LogP contribution in [-0.4, -0.2) is 31.4 Å². The number of nitrogens with one attached hydrogen (secondary N) is 1. The van der Waals surface area contributed by atoms with E-state index in [1.54, 1.807) is 13.8 Å². The molecular weight excluding hydrogens is 262 g/mol. The van der Waals surface area contributed by atoms with Crippen molar-refractivity contribution in [2.24, 2.45) is 11.6 Å². The van der Waals surface area contributed by atoms with Crippen LogP contribution in [0.3, 0.4) is 0 Å². The van der Waals surface area contributed by atoms with Gasteiger partial charge in [-0.05, 0) is 26.0 Å². The minimum Gasteiger partial charge on any atom is -0.493 e. The SMILES string of the molecule is CCOc1cc(C(=O)NN)c(OCC)cc1C(=O)CN. The lowest BCUT2D eigenvalue weighted by molar-refractivity contribution is 0.0945. The normalized spacial score (nSPS) is 10.0. The van der Waals surface area contributed by atoms with Gasteiger partial charge >= 0.3 is 0 Å². The minimum absolute atomic E-state index is 0.159. The van der Waals surface area contributed by atoms with Crippen molar-refractivity contribution in [3.05, 3.63) is 23.3 Å². The zero-order valence-electron chi connectivity index (χ0n) is 11.6. The molecule has 1 aromatic rings. The molecule has 7 heteroatoms. The molecule has 0 atom stereocenters. The fraction of sp³-hybridized carbons (Fsp3) is 0.385. The molecule has 0 heterocycles. The summed E-state index contributed by atoms with van der Waals surface area (Å²) in [5.41, 5.74) is 7.88. The highest BCUT2D eigenvalue weighted by Crippen LogP contribution is 2.29. The number of carbonyl (C=O) groups excluding carboxylic acids is 2. The molecule has 5 N–H and O–H groups in total. The van der Waals surface area contributed by atoms with Gasteiger partial charge in [0.05, 0.1) is 30.9 Å². The molecule has 1 rings (SSSR count). The topological polar surface area (TPSA) is 117 Å². The van der Waals surface area contributed by atoms with Gasteiger partial charge in [0.2, 0.25) is 0 Å². The summed E-state index contributed by atoms with van der Waals surface area (Å²) in [6, 6.07) is 2.88. The maximum atomic E-state index is 11.8. The number of ketones is 1. The summed E-state index contributed by atoms with van der Waals surface area (Å²) in [5.74, 6) is 4.85. The van der Waals surface area contributed by atoms with Gasteiger partial charge < -0.3 is 15.2 Å². The summed E-state index contributed by atoms with van der Waals surface area (Å²) in [6.45, 7) is 4.08. The van der Waals surface area contributed by atoms with Gasteiger partial charge in [-0.2, -0.15) is 0 Å². The van der Waals surface area contributed by atoms with E-state index in [9.17, 15) is 9.59 Å². The van der Waals surface area contributed by atoms with Crippen LogP contribution in [0.2, 0.25) is 0 Å². The second-order valence-electron chi connectivity index (χ2n) is 3.81. The van der Waals surface area contributed by atoms with Crippen molar-refractivity contribution in [3.8, 4) is 11.5 Å². The highest BCUT2D eigenvalue weighted by molar-refractivity contribution is 6.03. The monoisotopic (exact) mass is 281 g/mol. The predicted molar refractivity (Wildman–Crippen MR) is 73.8 cm³/mol. The Bertz CT molecular complexity index is 457. The van der Waals surface area contributed by atoms with E-state index in [1.165, 1.54) is 12.1 Å². The number of hydrazine groups is 1. The molecule has 0 spiro atoms. The second kappa shape index (κ2) is 7.46. The van der Waals surface area contributed by atoms with E-state index >= 15 is 0 Å². The highest BCUT2D eigenvalue weighted by Gasteiger charge is 2.20. The highest BCUT2D eigenvalue weighted by atomic mass is 16.5. The van der Waals surface area contributed by atoms with Crippen molar-refractivity contribution in [3.63, 3.8) is 0 Å². The van der Waals surface area contributed by atoms with E-state index < -0.39 is 5.91 Å². The van der Waals surface area contributed by atoms with Crippen LogP contribution in [0.5, 0.6) is 11.5 Å². The lowest BCUT2D eigenvalue weighted by Gasteiger charge is -2.15. The molecule has 0 unspecified atom stereocenters. The average molecular weight is 281 g/mol. The van der Waals surface area contributed by atoms with E-state index in [0.29, 0.717) is 13.2 Å². The van der Waals surface area contributed by atoms with Crippen molar-refractivity contribution in [1.82, 2.24) is 5.43 Å². The van der Waals surface area contributed by atoms with Crippen molar-refractivity contribution < 1.29 is 19.1 Å². The Kier molecular flexibility index (Phi) is 5.95. The first-order valence-corrected chi connectivity index (χ1v) is 6.26. The number of carbonyl (C=O) groups is 2. The van der Waals surface area contributed by atoms with E-state index in [4.69, 9.17) is 21.1 Å². The predicted octanol–water partition coefficient (Wildman–Crippen LogP) is 0.229. The van der Waals surface area contributed by atoms with Gasteiger partial charge in [-0.3, -0.25) is 15.0 Å². The number of Topliss-reactive ketones (excluding diaryl/α,β-unsaturated/α-hetero) is 1. The fourth-order valence-electron chi connectivity index (χ4n) is 1.69. The number of nitrogen functional groups attached to an aromatic ring is 1. The van der Waals surface area contributed by atoms with Crippen molar-refractivity contribution >= 4 is 11.7 Å². The average Bonchev–Trinajstić information content (AvgIpc) is 2.47. The quantitative estimate of drug-likeness (QED) is 0.285. The number of benzene rings is 1. The van der Waals surface area contributed by atoms with Crippen LogP contribution in [0, 0.1) is 0 Å². The number of ether oxygens (including phenoxy) is 2. The van der Waals surface area contributed by atoms with E-state index in [-0.39, 0.29) is 35.0 Å². The van der Waals surface area contributed by atoms with Crippen LogP contribution >= 0.6 is 0 Å². The summed E-state index contributed by atoms with van der Waals surface area (Å²) >= 11 is 0. The molecule has 0 aliphatic carbocycles. The van der Waals surface area contributed by atoms with Gasteiger partial charge in [0, 0.05) is 0 Å². The first-order valence-electron chi connectivity index (χ1n) is 6.26. The van der Waals surface area contributed by atoms with Gasteiger partial charge in [0.25, 0.3) is 5.91 Å². The number of amides is 1. The van der Waals surface area contributed by atoms with Gasteiger partial charge in [0.1, 0.15) is 11.5 Å². The van der Waals surface area contributed by atoms with Gasteiger partial charge in [0.15, 0.2) is 5.78 Å². The third kappa shape index (κ3) is 3.46. The molecule has 0 saturated heterocycles. The van der Waals surface area contributed by atoms with Crippen molar-refractivity contribution in [2.75, 3.05) is 19.8 Å². The molecule has 7 nitrogen and oxygen atoms in total. The number of rotatable bonds is 7. The van der Waals surface area contributed by atoms with E-state index in [2.05, 4.69) is 0 Å². The maximum absolute atomic E-state index is 11.8. The van der Waals surface area contributed by atoms with Gasteiger partial charge in [-0.25, -0.2) is 5.84 Å². The molecule has 0 bridgehead atoms. The Morgan fingerprint density at radius 3 is 2.05 bits per heavy atom. The third-order valence-electron chi connectivity index (χ3n) is 2.54. The smallest absolute Gasteiger partial charge is 0.269 e. The fourth-order valence-corrected chi connectivity index (χ4v) is 1.69. The molecule has 0 radical (unpaired) electrons. The molecule has 0 aliphatic rings. The van der Waals surface area contributed by atoms with Crippen molar-refractivity contribution in [1.29, 1.82) is 0 Å². The molecule has 1 aromatic carbocycles. The molecule has 110 valence electrons. The number of hydrogen-bond acceptors (Lipinski definition) is 6. The lowest BCUT2D eigenvalue weighted by Crippen LogP contribution is -2.30. The molecular formula is C13H19N3O4. The van der Waals surface area contributed by atoms with E-state index in [1.807, 2.05) is 5.43 Å². The molecule has 0 aliphatic heterocycles. The first kappa shape index (κ1) is 15.9. The van der Waals surface area contributed by atoms with E-state index in [0.717, 1.165) is 0 Å². The Morgan fingerprint density at radius 2 is 1.60 bits per heavy atom. The van der Waals surface area contributed by atoms with Crippen LogP contribution in [0.15, 0.2) is 12.1 Å². The summed E-state index contributed by atoms with van der Waals surface area (Å²) in [6.07, 6.45) is 0. The van der Waals surface area contributed by atoms with Crippen LogP contribution in [0.4, 0.5) is 0 Å². The lowest BCUT2D eigenvalue weighted by atomic mass is 10.0. The standard InChI is InChI=1S/C13H19N3O4/c1-3-19-11-6-9(13(18)16-15)12(20-4-2)5-8(11)10(17)7-14/h5-6H,3-4,7,14-15H2,1-2H3,(H,16,18). The molecule has 0 fully saturated rings. The third-order valence-corrected chi connectivity index (χ3v) is 2.54. The van der Waals surface area contributed by atoms with Crippen LogP contribution < -0.4 is 26.5 Å². The van der Waals surface area contributed by atoms with Crippen molar-refractivity contribution in [2.45, 2.75) is 13.8 Å². The molecule has 1 amide bonds. The summed E-state index contributed by atoms with van der Waals surface area (Å²) in [5, 5.41) is 0. The van der Waals surface area contributed by atoms with Gasteiger partial charge in [-0.1, -0.05) is 0 Å². The first-order chi connectivity index (χ1) is 9.58. The molecule has 0 saturated carbocycles. The van der Waals surface area contributed by atoms with Crippen LogP contribution in [-0.2, 0) is 0 Å². The largest absolute Gasteiger partial charge is 0.493 e. The van der Waals surface area contributed by atoms with Gasteiger partial charge in [-0.15, -0.1) is 0 Å². The Labute approximate surface area is 117 Å². The Morgan fingerprint density at radius 1 is 1.10 bits per heavy atom. The zero-order valence-corrected chi connectivity index (χ0v) is 11.6. The number of nitrogens with two attached hydrogens (primary N) is 2. The minimum atomic E-state index is -0.527. The second-order valence-corrected chi connectivity index (χ2v) is 3.81. The maximum Gasteiger partial charge on any atom is 0.269 e. The Balaban J connectivity index is 3.41. The number of hydrogen-bond donors (Lipinski definition) is 3. The summed E-state index contributed by atoms with van der Waals surface area (Å²) < 4.78 is 10.7. The zero-order chi connectivity index (χ0) is 15.1. The van der Waals surface area contributed by atoms with Crippen LogP contribution in [0.25, 0.3) is 0 Å². The molecule has 20 heavy (non-hydrogen) atoms. The Hall–Kier alpha value is -2.12. The summed E-state index contributed by atoms with van der Waals surface area (Å²) in [7, 11) is 0. The van der Waals surface area contributed by atoms with Crippen LogP contribution in [0.1, 0.15) is 34.6 Å².